The summed E-state index contributed by atoms with van der Waals surface area (Å²) in [5.74, 6) is 2.11. The first kappa shape index (κ1) is 78.9. The Labute approximate surface area is 582 Å². The van der Waals surface area contributed by atoms with Gasteiger partial charge in [0.05, 0.1) is 46.6 Å². The van der Waals surface area contributed by atoms with Crippen molar-refractivity contribution >= 4 is 58.5 Å². The number of nitrogen functional groups attached to an aromatic ring is 1. The van der Waals surface area contributed by atoms with Gasteiger partial charge in [-0.2, -0.15) is 9.59 Å². The van der Waals surface area contributed by atoms with E-state index in [4.69, 9.17) is 39.0 Å². The number of nitrogens with two attached hydrogens (primary N) is 1. The van der Waals surface area contributed by atoms with E-state index in [1.165, 1.54) is 100 Å². The van der Waals surface area contributed by atoms with Crippen LogP contribution in [-0.2, 0) is 64.1 Å². The molecular formula is C77H119LiN6O11. The van der Waals surface area contributed by atoms with E-state index in [2.05, 4.69) is 122 Å². The quantitative estimate of drug-likeness (QED) is 0.0368. The monoisotopic (exact) mass is 1310 g/mol. The van der Waals surface area contributed by atoms with Crippen molar-refractivity contribution in [3.8, 4) is 0 Å². The van der Waals surface area contributed by atoms with Crippen molar-refractivity contribution < 1.29 is 72.0 Å². The molecule has 6 aliphatic carbocycles. The smallest absolute Gasteiger partial charge is 0.870 e. The van der Waals surface area contributed by atoms with Gasteiger partial charge in [0.25, 0.3) is 6.47 Å². The number of nitrogens with one attached hydrogen (secondary N) is 2. The molecule has 0 spiro atoms. The number of esters is 1. The Bertz CT molecular complexity index is 2820. The second-order valence-corrected chi connectivity index (χ2v) is 29.9. The van der Waals surface area contributed by atoms with Gasteiger partial charge in [0.1, 0.15) is 11.4 Å². The van der Waals surface area contributed by atoms with E-state index in [1.807, 2.05) is 6.07 Å². The van der Waals surface area contributed by atoms with Crippen molar-refractivity contribution in [2.45, 2.75) is 268 Å². The molecule has 95 heavy (non-hydrogen) atoms. The minimum absolute atomic E-state index is 0. The summed E-state index contributed by atoms with van der Waals surface area (Å²) in [5, 5.41) is 7.88. The molecule has 6 saturated carbocycles. The number of methoxy groups -OCH3 is 1. The number of hydrogen-bond donors (Lipinski definition) is 3. The minimum atomic E-state index is -0.497. The fourth-order valence-electron chi connectivity index (χ4n) is 15.8. The predicted octanol–water partition coefficient (Wildman–Crippen LogP) is 12.2. The van der Waals surface area contributed by atoms with Gasteiger partial charge in [-0.3, -0.25) is 14.4 Å². The number of benzene rings is 3. The van der Waals surface area contributed by atoms with Crippen LogP contribution in [0.3, 0.4) is 0 Å². The number of anilines is 6. The summed E-state index contributed by atoms with van der Waals surface area (Å²) in [4.78, 5) is 57.8. The van der Waals surface area contributed by atoms with Gasteiger partial charge in [-0.05, 0) is 198 Å². The maximum absolute atomic E-state index is 12.4. The average Bonchev–Trinajstić information content (AvgIpc) is 0.819. The molecule has 3 heterocycles. The minimum Gasteiger partial charge on any atom is -0.870 e. The Balaban J connectivity index is 0.000000209. The summed E-state index contributed by atoms with van der Waals surface area (Å²) in [6.07, 6.45) is 31.0. The van der Waals surface area contributed by atoms with Crippen molar-refractivity contribution in [1.29, 1.82) is 0 Å². The molecule has 9 aliphatic rings. The van der Waals surface area contributed by atoms with Crippen LogP contribution in [0.4, 0.5) is 34.1 Å². The third-order valence-corrected chi connectivity index (χ3v) is 21.6. The molecule has 17 nitrogen and oxygen atoms in total. The van der Waals surface area contributed by atoms with Crippen molar-refractivity contribution in [2.75, 3.05) is 97.5 Å². The Morgan fingerprint density at radius 2 is 0.947 bits per heavy atom. The van der Waals surface area contributed by atoms with E-state index in [1.54, 1.807) is 5.56 Å². The Kier molecular flexibility index (Phi) is 32.3. The summed E-state index contributed by atoms with van der Waals surface area (Å²) < 4.78 is 27.6. The predicted molar refractivity (Wildman–Crippen MR) is 375 cm³/mol. The second-order valence-electron chi connectivity index (χ2n) is 29.9. The third kappa shape index (κ3) is 21.4. The van der Waals surface area contributed by atoms with E-state index in [0.717, 1.165) is 185 Å². The van der Waals surface area contributed by atoms with E-state index in [-0.39, 0.29) is 36.5 Å². The standard InChI is InChI=1S/C25H38N2O3.C25H40N2O.C21H32N2O3.C5H8O.CO2.Li.H2O/c1-19(2)17-27(22-10-14-29-15-11-22)24-9-8-20(25(30-18-28)12-5-13-25)16-23(24)26-21-6-3-4-7-21;1-19(2)18-27(22-11-15-28-16-12-22)24-10-9-20(25(3)13-6-14-25)17-23(24)26-21-7-4-5-8-21;1-15(2)14-23(17-7-11-26-12-8-17)19-6-5-16(13-18(19)22)21(9-4-10-21)20(24)25-3;6-5-3-1-2-4-5;2-1-3;;/h8-9,16,18-19,21-22,26H,3-7,10-15,17H2,1-2H3;9-10,17,19,21-22,26H,4-8,11-16,18H2,1-3H3;5-6,13,15,17H,4,7-12,14,22H2,1-3H3;1-4H2;;;1H2/q;;;;;+1;/p-1. The molecule has 0 bridgehead atoms. The Hall–Kier alpha value is -5.11. The van der Waals surface area contributed by atoms with Crippen LogP contribution in [0.2, 0.25) is 0 Å². The van der Waals surface area contributed by atoms with Gasteiger partial charge in [-0.25, -0.2) is 0 Å². The van der Waals surface area contributed by atoms with Gasteiger partial charge in [-0.15, -0.1) is 0 Å². The SMILES string of the molecule is CC(C)CN(c1ccc(C2(C)CCC2)cc1NC1CCCC1)C1CCOCC1.CC(C)CN(c1ccc(C2(OC=O)CCC2)cc1NC1CCCC1)C1CCOCC1.COC(=O)C1(c2ccc(N(CC(C)C)C3CCOCC3)c(N)c2)CCC1.O=C1CCCC1.O=C=O.[Li+].[OH-]. The van der Waals surface area contributed by atoms with Crippen LogP contribution in [-0.4, -0.2) is 126 Å². The van der Waals surface area contributed by atoms with Crippen LogP contribution in [0.15, 0.2) is 54.6 Å². The molecule has 3 aliphatic heterocycles. The van der Waals surface area contributed by atoms with Crippen LogP contribution in [0.25, 0.3) is 0 Å². The maximum atomic E-state index is 12.4. The summed E-state index contributed by atoms with van der Waals surface area (Å²) in [6.45, 7) is 25.1. The molecule has 18 heteroatoms. The number of hydrogen-bond acceptors (Lipinski definition) is 17. The molecule has 9 fully saturated rings. The van der Waals surface area contributed by atoms with Gasteiger partial charge in [0.15, 0.2) is 0 Å². The molecular weight excluding hydrogens is 1190 g/mol. The van der Waals surface area contributed by atoms with E-state index in [0.29, 0.717) is 65.6 Å². The van der Waals surface area contributed by atoms with Gasteiger partial charge >= 0.3 is 31.0 Å². The topological polar surface area (TPSA) is 221 Å². The van der Waals surface area contributed by atoms with Gasteiger partial charge in [0.2, 0.25) is 0 Å². The molecule has 0 atom stereocenters. The van der Waals surface area contributed by atoms with Crippen molar-refractivity contribution in [1.82, 2.24) is 0 Å². The number of ether oxygens (including phenoxy) is 5. The van der Waals surface area contributed by atoms with Crippen LogP contribution in [0.5, 0.6) is 0 Å². The zero-order valence-corrected chi connectivity index (χ0v) is 59.8. The van der Waals surface area contributed by atoms with Crippen LogP contribution in [0.1, 0.15) is 239 Å². The first-order valence-corrected chi connectivity index (χ1v) is 36.4. The van der Waals surface area contributed by atoms with Crippen molar-refractivity contribution in [3.63, 3.8) is 0 Å². The molecule has 12 rings (SSSR count). The van der Waals surface area contributed by atoms with Crippen molar-refractivity contribution in [3.05, 3.63) is 71.3 Å². The number of rotatable bonds is 22. The molecule has 0 unspecified atom stereocenters. The molecule has 0 aromatic heterocycles. The summed E-state index contributed by atoms with van der Waals surface area (Å²) in [5.41, 5.74) is 16.8. The molecule has 5 N–H and O–H groups in total. The first-order chi connectivity index (χ1) is 44.9. The van der Waals surface area contributed by atoms with Gasteiger partial charge in [-0.1, -0.05) is 105 Å². The third-order valence-electron chi connectivity index (χ3n) is 21.6. The van der Waals surface area contributed by atoms with Crippen LogP contribution >= 0.6 is 0 Å². The normalized spacial score (nSPS) is 20.6. The summed E-state index contributed by atoms with van der Waals surface area (Å²) in [7, 11) is 1.47. The number of carbonyl (C=O) groups excluding carboxylic acids is 5. The van der Waals surface area contributed by atoms with E-state index in [9.17, 15) is 14.4 Å². The van der Waals surface area contributed by atoms with Crippen LogP contribution < -0.4 is 49.9 Å². The zero-order chi connectivity index (χ0) is 66.4. The van der Waals surface area contributed by atoms with Crippen molar-refractivity contribution in [2.24, 2.45) is 17.8 Å². The summed E-state index contributed by atoms with van der Waals surface area (Å²) >= 11 is 0. The maximum Gasteiger partial charge on any atom is 1.00 e. The van der Waals surface area contributed by atoms with Crippen LogP contribution in [0, 0.1) is 17.8 Å². The molecule has 524 valence electrons. The fraction of sp³-hybridized carbons (Fsp3) is 0.714. The fourth-order valence-corrected chi connectivity index (χ4v) is 15.8. The summed E-state index contributed by atoms with van der Waals surface area (Å²) in [6, 6.07) is 23.1. The Morgan fingerprint density at radius 3 is 1.27 bits per heavy atom. The number of ketones is 1. The largest absolute Gasteiger partial charge is 1.00 e. The Morgan fingerprint density at radius 1 is 0.568 bits per heavy atom. The molecule has 3 aromatic carbocycles. The first-order valence-electron chi connectivity index (χ1n) is 36.4. The average molecular weight is 1310 g/mol. The van der Waals surface area contributed by atoms with E-state index < -0.39 is 11.0 Å². The molecule has 3 aromatic rings. The van der Waals surface area contributed by atoms with Gasteiger partial charge < -0.3 is 60.2 Å². The molecule has 3 saturated heterocycles. The number of carbonyl (C=O) groups is 3. The number of nitrogens with zero attached hydrogens (tertiary/aromatic N) is 3. The van der Waals surface area contributed by atoms with Gasteiger partial charge in [0, 0.05) is 102 Å². The second kappa shape index (κ2) is 38.9. The number of Topliss-reactive ketones (excluding diaryl/α,β-unsaturated/α-hetero) is 1. The molecule has 0 radical (unpaired) electrons. The molecule has 0 amide bonds. The zero-order valence-electron chi connectivity index (χ0n) is 59.8. The van der Waals surface area contributed by atoms with E-state index >= 15 is 0 Å².